The molecule has 29 heavy (non-hydrogen) atoms. The van der Waals surface area contributed by atoms with Crippen molar-refractivity contribution in [3.8, 4) is 5.75 Å². The Hall–Kier alpha value is -2.65. The number of ether oxygens (including phenoxy) is 1. The summed E-state index contributed by atoms with van der Waals surface area (Å²) in [6.07, 6.45) is 0. The number of halogens is 1. The van der Waals surface area contributed by atoms with Crippen molar-refractivity contribution in [1.82, 2.24) is 9.62 Å². The van der Waals surface area contributed by atoms with Gasteiger partial charge in [-0.05, 0) is 43.2 Å². The van der Waals surface area contributed by atoms with Crippen LogP contribution < -0.4 is 14.4 Å². The molecule has 1 N–H and O–H groups in total. The minimum absolute atomic E-state index is 0.180. The van der Waals surface area contributed by atoms with E-state index in [9.17, 15) is 17.6 Å². The van der Waals surface area contributed by atoms with Crippen LogP contribution in [0.3, 0.4) is 0 Å². The normalized spacial score (nSPS) is 11.4. The van der Waals surface area contributed by atoms with Crippen LogP contribution in [0, 0.1) is 19.7 Å². The molecule has 0 aliphatic carbocycles. The van der Waals surface area contributed by atoms with Crippen LogP contribution in [0.15, 0.2) is 42.5 Å². The van der Waals surface area contributed by atoms with Crippen molar-refractivity contribution >= 4 is 21.8 Å². The van der Waals surface area contributed by atoms with E-state index in [1.165, 1.54) is 32.3 Å². The second kappa shape index (κ2) is 9.71. The van der Waals surface area contributed by atoms with E-state index in [4.69, 9.17) is 4.74 Å². The minimum atomic E-state index is -4.06. The third-order valence-corrected chi connectivity index (χ3v) is 5.98. The quantitative estimate of drug-likeness (QED) is 0.628. The van der Waals surface area contributed by atoms with Gasteiger partial charge in [-0.3, -0.25) is 4.79 Å². The summed E-state index contributed by atoms with van der Waals surface area (Å²) in [5.74, 6) is -0.574. The molecule has 7 nitrogen and oxygen atoms in total. The second-order valence-corrected chi connectivity index (χ2v) is 8.78. The number of rotatable bonds is 9. The Morgan fingerprint density at radius 3 is 2.48 bits per heavy atom. The number of amides is 1. The summed E-state index contributed by atoms with van der Waals surface area (Å²) in [6, 6.07) is 11.2. The van der Waals surface area contributed by atoms with Crippen LogP contribution in [0.5, 0.6) is 5.75 Å². The molecular weight excluding hydrogens is 397 g/mol. The van der Waals surface area contributed by atoms with Gasteiger partial charge in [0, 0.05) is 14.1 Å². The van der Waals surface area contributed by atoms with Crippen LogP contribution in [-0.4, -0.2) is 52.4 Å². The van der Waals surface area contributed by atoms with Gasteiger partial charge in [0.15, 0.2) is 0 Å². The number of carbonyl (C=O) groups excluding carboxylic acids is 1. The molecule has 0 unspecified atom stereocenters. The number of aryl methyl sites for hydroxylation is 2. The van der Waals surface area contributed by atoms with E-state index in [2.05, 4.69) is 5.32 Å². The maximum Gasteiger partial charge on any atom is 0.304 e. The zero-order valence-corrected chi connectivity index (χ0v) is 17.8. The van der Waals surface area contributed by atoms with Crippen LogP contribution in [0.4, 0.5) is 10.1 Å². The molecule has 2 aromatic carbocycles. The van der Waals surface area contributed by atoms with Gasteiger partial charge >= 0.3 is 10.2 Å². The molecule has 2 aromatic rings. The number of nitrogens with zero attached hydrogens (tertiary/aromatic N) is 2. The molecule has 0 saturated heterocycles. The summed E-state index contributed by atoms with van der Waals surface area (Å²) in [6.45, 7) is 3.72. The standard InChI is InChI=1S/C20H26FN3O4S/c1-15-9-10-16(2)19(13-15)28-12-11-22-20(25)14-24(29(26,27)23(3)4)18-8-6-5-7-17(18)21/h5-10,13H,11-12,14H2,1-4H3,(H,22,25). The highest BCUT2D eigenvalue weighted by Gasteiger charge is 2.29. The molecule has 0 aliphatic rings. The topological polar surface area (TPSA) is 79.0 Å². The van der Waals surface area contributed by atoms with Crippen molar-refractivity contribution in [3.05, 3.63) is 59.4 Å². The predicted molar refractivity (Wildman–Crippen MR) is 111 cm³/mol. The average molecular weight is 424 g/mol. The number of anilines is 1. The predicted octanol–water partition coefficient (Wildman–Crippen LogP) is 2.25. The van der Waals surface area contributed by atoms with Gasteiger partial charge in [0.1, 0.15) is 24.7 Å². The third-order valence-electron chi connectivity index (χ3n) is 4.17. The fraction of sp³-hybridized carbons (Fsp3) is 0.350. The molecule has 158 valence electrons. The highest BCUT2D eigenvalue weighted by atomic mass is 32.2. The Balaban J connectivity index is 2.01. The molecule has 9 heteroatoms. The van der Waals surface area contributed by atoms with Crippen LogP contribution in [0.25, 0.3) is 0 Å². The Labute approximate surface area is 171 Å². The van der Waals surface area contributed by atoms with E-state index < -0.39 is 28.5 Å². The lowest BCUT2D eigenvalue weighted by Gasteiger charge is -2.27. The molecule has 0 bridgehead atoms. The van der Waals surface area contributed by atoms with Crippen LogP contribution >= 0.6 is 0 Å². The molecule has 0 radical (unpaired) electrons. The Morgan fingerprint density at radius 1 is 1.14 bits per heavy atom. The van der Waals surface area contributed by atoms with Gasteiger partial charge in [-0.25, -0.2) is 8.70 Å². The van der Waals surface area contributed by atoms with Crippen molar-refractivity contribution in [3.63, 3.8) is 0 Å². The molecule has 0 aliphatic heterocycles. The fourth-order valence-corrected chi connectivity index (χ4v) is 3.61. The summed E-state index contributed by atoms with van der Waals surface area (Å²) in [4.78, 5) is 12.3. The van der Waals surface area contributed by atoms with Crippen LogP contribution in [0.2, 0.25) is 0 Å². The summed E-state index contributed by atoms with van der Waals surface area (Å²) < 4.78 is 46.7. The van der Waals surface area contributed by atoms with Gasteiger partial charge in [0.25, 0.3) is 0 Å². The maximum atomic E-state index is 14.2. The SMILES string of the molecule is Cc1ccc(C)c(OCCNC(=O)CN(c2ccccc2F)S(=O)(=O)N(C)C)c1. The number of hydrogen-bond acceptors (Lipinski definition) is 4. The first-order valence-electron chi connectivity index (χ1n) is 9.04. The highest BCUT2D eigenvalue weighted by molar-refractivity contribution is 7.90. The van der Waals surface area contributed by atoms with Gasteiger partial charge in [-0.1, -0.05) is 24.3 Å². The van der Waals surface area contributed by atoms with E-state index in [0.29, 0.717) is 0 Å². The number of benzene rings is 2. The average Bonchev–Trinajstić information content (AvgIpc) is 2.66. The van der Waals surface area contributed by atoms with E-state index >= 15 is 0 Å². The molecule has 0 atom stereocenters. The largest absolute Gasteiger partial charge is 0.491 e. The molecule has 0 saturated carbocycles. The van der Waals surface area contributed by atoms with Crippen molar-refractivity contribution in [2.24, 2.45) is 0 Å². The van der Waals surface area contributed by atoms with E-state index in [1.807, 2.05) is 32.0 Å². The van der Waals surface area contributed by atoms with Gasteiger partial charge in [0.2, 0.25) is 5.91 Å². The number of nitrogens with one attached hydrogen (secondary N) is 1. The smallest absolute Gasteiger partial charge is 0.304 e. The number of para-hydroxylation sites is 1. The first-order valence-corrected chi connectivity index (χ1v) is 10.4. The molecule has 2 rings (SSSR count). The zero-order chi connectivity index (χ0) is 21.6. The van der Waals surface area contributed by atoms with Crippen LogP contribution in [0.1, 0.15) is 11.1 Å². The summed E-state index contributed by atoms with van der Waals surface area (Å²) in [5, 5.41) is 2.61. The highest BCUT2D eigenvalue weighted by Crippen LogP contribution is 2.22. The lowest BCUT2D eigenvalue weighted by atomic mass is 10.1. The molecular formula is C20H26FN3O4S. The van der Waals surface area contributed by atoms with Crippen LogP contribution in [-0.2, 0) is 15.0 Å². The Bertz CT molecular complexity index is 964. The summed E-state index contributed by atoms with van der Waals surface area (Å²) >= 11 is 0. The monoisotopic (exact) mass is 423 g/mol. The molecule has 0 aromatic heterocycles. The zero-order valence-electron chi connectivity index (χ0n) is 17.0. The van der Waals surface area contributed by atoms with Crippen molar-refractivity contribution in [1.29, 1.82) is 0 Å². The minimum Gasteiger partial charge on any atom is -0.491 e. The lowest BCUT2D eigenvalue weighted by molar-refractivity contribution is -0.119. The number of hydrogen-bond donors (Lipinski definition) is 1. The van der Waals surface area contributed by atoms with Gasteiger partial charge < -0.3 is 10.1 Å². The number of carbonyl (C=O) groups is 1. The molecule has 0 fully saturated rings. The first kappa shape index (κ1) is 22.6. The fourth-order valence-electron chi connectivity index (χ4n) is 2.54. The van der Waals surface area contributed by atoms with Gasteiger partial charge in [-0.15, -0.1) is 0 Å². The van der Waals surface area contributed by atoms with E-state index in [0.717, 1.165) is 31.6 Å². The lowest BCUT2D eigenvalue weighted by Crippen LogP contribution is -2.46. The van der Waals surface area contributed by atoms with Crippen molar-refractivity contribution in [2.75, 3.05) is 38.1 Å². The van der Waals surface area contributed by atoms with Crippen molar-refractivity contribution < 1.29 is 22.3 Å². The Kier molecular flexibility index (Phi) is 7.58. The third kappa shape index (κ3) is 5.91. The molecule has 0 spiro atoms. The molecule has 0 heterocycles. The summed E-state index contributed by atoms with van der Waals surface area (Å²) in [7, 11) is -1.42. The van der Waals surface area contributed by atoms with Crippen molar-refractivity contribution in [2.45, 2.75) is 13.8 Å². The van der Waals surface area contributed by atoms with Gasteiger partial charge in [0.05, 0.1) is 12.2 Å². The van der Waals surface area contributed by atoms with Gasteiger partial charge in [-0.2, -0.15) is 12.7 Å². The Morgan fingerprint density at radius 2 is 1.83 bits per heavy atom. The summed E-state index contributed by atoms with van der Waals surface area (Å²) in [5.41, 5.74) is 1.84. The maximum absolute atomic E-state index is 14.2. The molecule has 1 amide bonds. The second-order valence-electron chi connectivity index (χ2n) is 6.72. The van der Waals surface area contributed by atoms with E-state index in [1.54, 1.807) is 0 Å². The van der Waals surface area contributed by atoms with E-state index in [-0.39, 0.29) is 18.8 Å². The first-order chi connectivity index (χ1) is 13.6.